The molecular weight excluding hydrogens is 200 g/mol. The maximum absolute atomic E-state index is 5.81. The van der Waals surface area contributed by atoms with Crippen LogP contribution in [0.15, 0.2) is 0 Å². The molecule has 0 radical (unpaired) electrons. The van der Waals surface area contributed by atoms with Crippen molar-refractivity contribution in [2.75, 3.05) is 26.2 Å². The van der Waals surface area contributed by atoms with Crippen molar-refractivity contribution in [1.29, 1.82) is 0 Å². The Kier molecular flexibility index (Phi) is 7.01. The zero-order valence-electron chi connectivity index (χ0n) is 11.0. The van der Waals surface area contributed by atoms with Crippen LogP contribution in [0.1, 0.15) is 46.0 Å². The van der Waals surface area contributed by atoms with Crippen molar-refractivity contribution in [2.24, 2.45) is 5.73 Å². The van der Waals surface area contributed by atoms with Gasteiger partial charge in [0, 0.05) is 25.7 Å². The molecule has 2 N–H and O–H groups in total. The van der Waals surface area contributed by atoms with Crippen LogP contribution in [0.5, 0.6) is 0 Å². The monoisotopic (exact) mass is 228 g/mol. The van der Waals surface area contributed by atoms with E-state index in [0.717, 1.165) is 25.6 Å². The van der Waals surface area contributed by atoms with Gasteiger partial charge in [0.1, 0.15) is 0 Å². The number of nitrogens with two attached hydrogens (primary N) is 1. The zero-order chi connectivity index (χ0) is 11.8. The van der Waals surface area contributed by atoms with Gasteiger partial charge in [0.25, 0.3) is 0 Å². The van der Waals surface area contributed by atoms with E-state index in [2.05, 4.69) is 18.7 Å². The summed E-state index contributed by atoms with van der Waals surface area (Å²) in [7, 11) is 0. The summed E-state index contributed by atoms with van der Waals surface area (Å²) in [5.74, 6) is 0. The fraction of sp³-hybridized carbons (Fsp3) is 1.00. The lowest BCUT2D eigenvalue weighted by atomic mass is 10.0. The molecule has 1 rings (SSSR count). The highest BCUT2D eigenvalue weighted by molar-refractivity contribution is 4.77. The van der Waals surface area contributed by atoms with Crippen molar-refractivity contribution in [3.63, 3.8) is 0 Å². The fourth-order valence-corrected chi connectivity index (χ4v) is 2.55. The second-order valence-electron chi connectivity index (χ2n) is 4.72. The maximum atomic E-state index is 5.81. The Labute approximate surface area is 100 Å². The molecule has 16 heavy (non-hydrogen) atoms. The van der Waals surface area contributed by atoms with Crippen LogP contribution in [0, 0.1) is 0 Å². The van der Waals surface area contributed by atoms with Gasteiger partial charge in [-0.2, -0.15) is 0 Å². The predicted molar refractivity (Wildman–Crippen MR) is 68.6 cm³/mol. The Bertz CT molecular complexity index is 163. The normalized spacial score (nSPS) is 19.5. The van der Waals surface area contributed by atoms with Crippen LogP contribution >= 0.6 is 0 Å². The molecule has 0 atom stereocenters. The largest absolute Gasteiger partial charge is 0.378 e. The number of nitrogens with zero attached hydrogens (tertiary/aromatic N) is 1. The maximum Gasteiger partial charge on any atom is 0.0599 e. The Morgan fingerprint density at radius 3 is 2.38 bits per heavy atom. The van der Waals surface area contributed by atoms with Gasteiger partial charge in [-0.15, -0.1) is 0 Å². The van der Waals surface area contributed by atoms with E-state index in [1.54, 1.807) is 0 Å². The third-order valence-corrected chi connectivity index (χ3v) is 3.64. The van der Waals surface area contributed by atoms with Gasteiger partial charge >= 0.3 is 0 Å². The molecular formula is C13H28N2O. The second-order valence-corrected chi connectivity index (χ2v) is 4.72. The first kappa shape index (κ1) is 13.9. The van der Waals surface area contributed by atoms with Crippen molar-refractivity contribution in [3.8, 4) is 0 Å². The van der Waals surface area contributed by atoms with Crippen LogP contribution in [0.2, 0.25) is 0 Å². The Morgan fingerprint density at radius 1 is 1.25 bits per heavy atom. The van der Waals surface area contributed by atoms with Crippen molar-refractivity contribution in [1.82, 2.24) is 4.90 Å². The fourth-order valence-electron chi connectivity index (χ4n) is 2.55. The molecule has 1 aliphatic rings. The minimum Gasteiger partial charge on any atom is -0.378 e. The van der Waals surface area contributed by atoms with E-state index in [-0.39, 0.29) is 0 Å². The summed E-state index contributed by atoms with van der Waals surface area (Å²) in [5, 5.41) is 0. The van der Waals surface area contributed by atoms with Crippen molar-refractivity contribution >= 4 is 0 Å². The zero-order valence-corrected chi connectivity index (χ0v) is 11.0. The summed E-state index contributed by atoms with van der Waals surface area (Å²) in [6.45, 7) is 8.58. The number of hydrogen-bond donors (Lipinski definition) is 1. The summed E-state index contributed by atoms with van der Waals surface area (Å²) >= 11 is 0. The third kappa shape index (κ3) is 4.40. The summed E-state index contributed by atoms with van der Waals surface area (Å²) in [5.41, 5.74) is 5.45. The molecule has 0 unspecified atom stereocenters. The molecule has 3 nitrogen and oxygen atoms in total. The van der Waals surface area contributed by atoms with E-state index in [1.807, 2.05) is 0 Å². The topological polar surface area (TPSA) is 38.5 Å². The molecule has 96 valence electrons. The van der Waals surface area contributed by atoms with Gasteiger partial charge < -0.3 is 15.4 Å². The number of piperidine rings is 1. The van der Waals surface area contributed by atoms with Gasteiger partial charge in [-0.25, -0.2) is 0 Å². The van der Waals surface area contributed by atoms with Gasteiger partial charge in [-0.3, -0.25) is 0 Å². The highest BCUT2D eigenvalue weighted by Gasteiger charge is 2.23. The standard InChI is InChI=1S/C13H28N2O/c1-3-12(4-2)15-9-6-13(7-10-15)16-11-5-8-14/h12-13H,3-11,14H2,1-2H3. The number of hydrogen-bond acceptors (Lipinski definition) is 3. The molecule has 1 fully saturated rings. The molecule has 1 saturated heterocycles. The molecule has 0 saturated carbocycles. The minimum absolute atomic E-state index is 0.483. The van der Waals surface area contributed by atoms with Crippen LogP contribution in [0.25, 0.3) is 0 Å². The SMILES string of the molecule is CCC(CC)N1CCC(OCCCN)CC1. The van der Waals surface area contributed by atoms with Crippen LogP contribution in [-0.4, -0.2) is 43.3 Å². The quantitative estimate of drug-likeness (QED) is 0.677. The molecule has 3 heteroatoms. The van der Waals surface area contributed by atoms with Crippen LogP contribution in [-0.2, 0) is 4.74 Å². The van der Waals surface area contributed by atoms with E-state index in [1.165, 1.54) is 38.8 Å². The van der Waals surface area contributed by atoms with Gasteiger partial charge in [0.15, 0.2) is 0 Å². The first-order chi connectivity index (χ1) is 7.81. The summed E-state index contributed by atoms with van der Waals surface area (Å²) in [6.07, 6.45) is 6.41. The third-order valence-electron chi connectivity index (χ3n) is 3.64. The molecule has 0 aromatic carbocycles. The summed E-state index contributed by atoms with van der Waals surface area (Å²) < 4.78 is 5.81. The van der Waals surface area contributed by atoms with E-state index in [0.29, 0.717) is 6.10 Å². The van der Waals surface area contributed by atoms with Crippen LogP contribution < -0.4 is 5.73 Å². The van der Waals surface area contributed by atoms with E-state index in [9.17, 15) is 0 Å². The molecule has 0 aromatic heterocycles. The number of ether oxygens (including phenoxy) is 1. The van der Waals surface area contributed by atoms with Gasteiger partial charge in [0.05, 0.1) is 6.10 Å². The Morgan fingerprint density at radius 2 is 1.88 bits per heavy atom. The van der Waals surface area contributed by atoms with Crippen molar-refractivity contribution in [3.05, 3.63) is 0 Å². The summed E-state index contributed by atoms with van der Waals surface area (Å²) in [4.78, 5) is 2.63. The van der Waals surface area contributed by atoms with Crippen molar-refractivity contribution < 1.29 is 4.74 Å². The molecule has 0 amide bonds. The molecule has 1 heterocycles. The van der Waals surface area contributed by atoms with Crippen molar-refractivity contribution in [2.45, 2.75) is 58.1 Å². The smallest absolute Gasteiger partial charge is 0.0599 e. The minimum atomic E-state index is 0.483. The predicted octanol–water partition coefficient (Wildman–Crippen LogP) is 2.00. The highest BCUT2D eigenvalue weighted by atomic mass is 16.5. The Hall–Kier alpha value is -0.120. The summed E-state index contributed by atoms with van der Waals surface area (Å²) in [6, 6.07) is 0.782. The molecule has 0 spiro atoms. The van der Waals surface area contributed by atoms with E-state index >= 15 is 0 Å². The first-order valence-electron chi connectivity index (χ1n) is 6.87. The van der Waals surface area contributed by atoms with Crippen LogP contribution in [0.4, 0.5) is 0 Å². The van der Waals surface area contributed by atoms with Gasteiger partial charge in [-0.1, -0.05) is 13.8 Å². The van der Waals surface area contributed by atoms with Crippen LogP contribution in [0.3, 0.4) is 0 Å². The lowest BCUT2D eigenvalue weighted by molar-refractivity contribution is -0.00298. The second kappa shape index (κ2) is 8.04. The van der Waals surface area contributed by atoms with Gasteiger partial charge in [0.2, 0.25) is 0 Å². The lowest BCUT2D eigenvalue weighted by Gasteiger charge is -2.36. The molecule has 0 aromatic rings. The Balaban J connectivity index is 2.17. The lowest BCUT2D eigenvalue weighted by Crippen LogP contribution is -2.43. The molecule has 0 aliphatic carbocycles. The van der Waals surface area contributed by atoms with Gasteiger partial charge in [-0.05, 0) is 38.6 Å². The number of likely N-dealkylation sites (tertiary alicyclic amines) is 1. The first-order valence-corrected chi connectivity index (χ1v) is 6.87. The molecule has 0 bridgehead atoms. The molecule has 1 aliphatic heterocycles. The average molecular weight is 228 g/mol. The van der Waals surface area contributed by atoms with E-state index < -0.39 is 0 Å². The average Bonchev–Trinajstić information content (AvgIpc) is 2.33. The van der Waals surface area contributed by atoms with E-state index in [4.69, 9.17) is 10.5 Å². The number of rotatable bonds is 7. The highest BCUT2D eigenvalue weighted by Crippen LogP contribution is 2.18.